The number of rotatable bonds is 18. The fourth-order valence-electron chi connectivity index (χ4n) is 4.56. The molecule has 0 bridgehead atoms. The smallest absolute Gasteiger partial charge is 0.255 e. The average Bonchev–Trinajstić information content (AvgIpc) is 3.32. The Morgan fingerprint density at radius 3 is 2.24 bits per heavy atom. The summed E-state index contributed by atoms with van der Waals surface area (Å²) in [5.74, 6) is 0.562. The van der Waals surface area contributed by atoms with Crippen LogP contribution in [0.25, 0.3) is 0 Å². The number of nitrogens with zero attached hydrogens (tertiary/aromatic N) is 1. The van der Waals surface area contributed by atoms with Gasteiger partial charge in [-0.25, -0.2) is 0 Å². The third-order valence-corrected chi connectivity index (χ3v) is 7.90. The molecule has 1 aromatic heterocycles. The number of halogens is 1. The van der Waals surface area contributed by atoms with Crippen molar-refractivity contribution in [2.24, 2.45) is 0 Å². The maximum Gasteiger partial charge on any atom is 0.255 e. The number of carbonyl (C=O) groups is 1. The van der Waals surface area contributed by atoms with Gasteiger partial charge >= 0.3 is 0 Å². The maximum atomic E-state index is 12.9. The van der Waals surface area contributed by atoms with Gasteiger partial charge in [0.2, 0.25) is 5.51 Å². The van der Waals surface area contributed by atoms with E-state index in [9.17, 15) is 4.79 Å². The molecule has 0 saturated carbocycles. The molecule has 3 rings (SSSR count). The predicted octanol–water partition coefficient (Wildman–Crippen LogP) is 9.38. The van der Waals surface area contributed by atoms with Crippen LogP contribution in [0.2, 0.25) is 5.02 Å². The number of carbonyl (C=O) groups excluding carboxylic acids is 1. The topological polar surface area (TPSA) is 42.2 Å². The number of ether oxygens (including phenoxy) is 1. The minimum absolute atomic E-state index is 0.176. The number of aryl methyl sites for hydroxylation is 1. The van der Waals surface area contributed by atoms with Crippen LogP contribution in [-0.4, -0.2) is 12.5 Å². The van der Waals surface area contributed by atoms with Gasteiger partial charge in [0.25, 0.3) is 5.91 Å². The van der Waals surface area contributed by atoms with Crippen LogP contribution in [0, 0.1) is 6.92 Å². The molecular weight excluding hydrogens is 512 g/mol. The van der Waals surface area contributed by atoms with Crippen LogP contribution in [0.5, 0.6) is 5.75 Å². The molecule has 0 radical (unpaired) electrons. The molecule has 0 aliphatic heterocycles. The fourth-order valence-corrected chi connectivity index (χ4v) is 5.42. The molecule has 0 unspecified atom stereocenters. The summed E-state index contributed by atoms with van der Waals surface area (Å²) in [7, 11) is 0. The largest absolute Gasteiger partial charge is 0.494 e. The number of thiazole rings is 1. The molecule has 3 aromatic rings. The van der Waals surface area contributed by atoms with Gasteiger partial charge in [-0.05, 0) is 37.6 Å². The molecule has 0 saturated heterocycles. The third-order valence-electron chi connectivity index (χ3n) is 6.73. The van der Waals surface area contributed by atoms with Crippen molar-refractivity contribution in [3.8, 4) is 5.75 Å². The summed E-state index contributed by atoms with van der Waals surface area (Å²) >= 11 is 8.17. The quantitative estimate of drug-likeness (QED) is 0.125. The zero-order valence-corrected chi connectivity index (χ0v) is 24.7. The van der Waals surface area contributed by atoms with Crippen LogP contribution in [0.4, 0.5) is 5.69 Å². The molecule has 0 aliphatic rings. The first-order valence-electron chi connectivity index (χ1n) is 14.3. The Morgan fingerprint density at radius 1 is 0.921 bits per heavy atom. The van der Waals surface area contributed by atoms with E-state index in [0.717, 1.165) is 24.3 Å². The van der Waals surface area contributed by atoms with Gasteiger partial charge in [0, 0.05) is 17.2 Å². The van der Waals surface area contributed by atoms with Crippen molar-refractivity contribution in [3.05, 3.63) is 75.2 Å². The molecule has 0 fully saturated rings. The lowest BCUT2D eigenvalue weighted by molar-refractivity contribution is -0.683. The van der Waals surface area contributed by atoms with E-state index in [2.05, 4.69) is 35.4 Å². The second-order valence-electron chi connectivity index (χ2n) is 10.2. The number of unbranched alkanes of at least 4 members (excludes halogenated alkanes) is 11. The van der Waals surface area contributed by atoms with E-state index in [1.807, 2.05) is 36.4 Å². The Hall–Kier alpha value is -2.37. The number of anilines is 1. The van der Waals surface area contributed by atoms with E-state index in [4.69, 9.17) is 16.3 Å². The zero-order chi connectivity index (χ0) is 27.0. The Bertz CT molecular complexity index is 1110. The normalized spacial score (nSPS) is 11.0. The third kappa shape index (κ3) is 11.2. The number of amides is 1. The van der Waals surface area contributed by atoms with Crippen molar-refractivity contribution >= 4 is 34.5 Å². The van der Waals surface area contributed by atoms with Crippen molar-refractivity contribution in [3.63, 3.8) is 0 Å². The molecule has 206 valence electrons. The highest BCUT2D eigenvalue weighted by atomic mass is 35.5. The standard InChI is InChI=1S/C32H43ClN2O2S/c1-3-4-5-6-7-8-9-10-11-12-13-14-20-37-29-18-19-31(30(33)22-29)34-32(36)28-17-15-16-27(21-28)24-35-23-26(2)38-25-35/h15-19,21-23,25H,3-14,20,24H2,1-2H3/p+1. The van der Waals surface area contributed by atoms with Crippen molar-refractivity contribution in [2.75, 3.05) is 11.9 Å². The molecule has 0 aliphatic carbocycles. The second kappa shape index (κ2) is 17.3. The molecule has 1 heterocycles. The Morgan fingerprint density at radius 2 is 1.61 bits per heavy atom. The molecule has 0 atom stereocenters. The highest BCUT2D eigenvalue weighted by Crippen LogP contribution is 2.27. The molecule has 2 aromatic carbocycles. The van der Waals surface area contributed by atoms with E-state index < -0.39 is 0 Å². The number of aromatic nitrogens is 1. The first-order chi connectivity index (χ1) is 18.5. The molecule has 4 nitrogen and oxygen atoms in total. The number of hydrogen-bond acceptors (Lipinski definition) is 3. The van der Waals surface area contributed by atoms with Gasteiger partial charge in [0.1, 0.15) is 5.75 Å². The van der Waals surface area contributed by atoms with Crippen LogP contribution in [-0.2, 0) is 6.54 Å². The summed E-state index contributed by atoms with van der Waals surface area (Å²) in [6, 6.07) is 13.2. The number of benzene rings is 2. The fraction of sp³-hybridized carbons (Fsp3) is 0.500. The van der Waals surface area contributed by atoms with E-state index >= 15 is 0 Å². The van der Waals surface area contributed by atoms with Crippen molar-refractivity contribution < 1.29 is 14.1 Å². The van der Waals surface area contributed by atoms with Gasteiger partial charge in [-0.15, -0.1) is 0 Å². The minimum Gasteiger partial charge on any atom is -0.494 e. The summed E-state index contributed by atoms with van der Waals surface area (Å²) in [5, 5.41) is 3.41. The van der Waals surface area contributed by atoms with Gasteiger partial charge in [-0.1, -0.05) is 113 Å². The lowest BCUT2D eigenvalue weighted by Gasteiger charge is -2.11. The van der Waals surface area contributed by atoms with Gasteiger partial charge < -0.3 is 10.1 Å². The first kappa shape index (κ1) is 30.2. The van der Waals surface area contributed by atoms with Gasteiger partial charge in [-0.3, -0.25) is 4.79 Å². The monoisotopic (exact) mass is 555 g/mol. The lowest BCUT2D eigenvalue weighted by Crippen LogP contribution is -2.30. The highest BCUT2D eigenvalue weighted by Gasteiger charge is 2.12. The molecule has 0 spiro atoms. The molecule has 6 heteroatoms. The van der Waals surface area contributed by atoms with Crippen LogP contribution in [0.15, 0.2) is 54.2 Å². The van der Waals surface area contributed by atoms with Crippen LogP contribution in [0.1, 0.15) is 105 Å². The van der Waals surface area contributed by atoms with Crippen LogP contribution in [0.3, 0.4) is 0 Å². The summed E-state index contributed by atoms with van der Waals surface area (Å²) in [5.41, 5.74) is 4.36. The molecule has 1 N–H and O–H groups in total. The van der Waals surface area contributed by atoms with Crippen molar-refractivity contribution in [1.29, 1.82) is 0 Å². The van der Waals surface area contributed by atoms with Crippen molar-refractivity contribution in [1.82, 2.24) is 0 Å². The second-order valence-corrected chi connectivity index (χ2v) is 11.7. The SMILES string of the molecule is CCCCCCCCCCCCCCOc1ccc(NC(=O)c2cccc(C[n+]3csc(C)c3)c2)c(Cl)c1. The molecule has 38 heavy (non-hydrogen) atoms. The predicted molar refractivity (Wildman–Crippen MR) is 161 cm³/mol. The summed E-state index contributed by atoms with van der Waals surface area (Å²) < 4.78 is 8.03. The maximum absolute atomic E-state index is 12.9. The molecular formula is C32H44ClN2O2S+. The Balaban J connectivity index is 1.33. The van der Waals surface area contributed by atoms with E-state index in [0.29, 0.717) is 22.9 Å². The van der Waals surface area contributed by atoms with Gasteiger partial charge in [0.15, 0.2) is 12.7 Å². The summed E-state index contributed by atoms with van der Waals surface area (Å²) in [6.45, 7) is 5.78. The summed E-state index contributed by atoms with van der Waals surface area (Å²) in [4.78, 5) is 14.1. The number of nitrogens with one attached hydrogen (secondary N) is 1. The van der Waals surface area contributed by atoms with E-state index in [-0.39, 0.29) is 5.91 Å². The number of hydrogen-bond donors (Lipinski definition) is 1. The average molecular weight is 556 g/mol. The van der Waals surface area contributed by atoms with Crippen LogP contribution >= 0.6 is 22.9 Å². The summed E-state index contributed by atoms with van der Waals surface area (Å²) in [6.07, 6.45) is 18.0. The first-order valence-corrected chi connectivity index (χ1v) is 15.6. The Labute approximate surface area is 238 Å². The minimum atomic E-state index is -0.176. The van der Waals surface area contributed by atoms with E-state index in [1.165, 1.54) is 75.5 Å². The van der Waals surface area contributed by atoms with Crippen LogP contribution < -0.4 is 14.6 Å². The van der Waals surface area contributed by atoms with Gasteiger partial charge in [0.05, 0.1) is 22.2 Å². The van der Waals surface area contributed by atoms with E-state index in [1.54, 1.807) is 17.4 Å². The van der Waals surface area contributed by atoms with Crippen molar-refractivity contribution in [2.45, 2.75) is 97.4 Å². The highest BCUT2D eigenvalue weighted by molar-refractivity contribution is 7.09. The lowest BCUT2D eigenvalue weighted by atomic mass is 10.1. The molecule has 1 amide bonds. The zero-order valence-electron chi connectivity index (χ0n) is 23.1. The Kier molecular flexibility index (Phi) is 13.7. The van der Waals surface area contributed by atoms with Gasteiger partial charge in [-0.2, -0.15) is 4.57 Å².